The van der Waals surface area contributed by atoms with Gasteiger partial charge in [-0.2, -0.15) is 5.26 Å². The highest BCUT2D eigenvalue weighted by Gasteiger charge is 2.25. The average Bonchev–Trinajstić information content (AvgIpc) is 3.31. The molecule has 0 bridgehead atoms. The number of hydrogen-bond donors (Lipinski definition) is 0. The fraction of sp³-hybridized carbons (Fsp3) is 0.273. The Kier molecular flexibility index (Phi) is 5.39. The van der Waals surface area contributed by atoms with Crippen LogP contribution in [0.1, 0.15) is 27.4 Å². The number of nitriles is 1. The number of rotatable bonds is 4. The van der Waals surface area contributed by atoms with Crippen LogP contribution in [-0.4, -0.2) is 28.2 Å². The first-order valence-corrected chi connectivity index (χ1v) is 11.2. The Labute approximate surface area is 178 Å². The number of fused-ring (bicyclic) bond motifs is 1. The quantitative estimate of drug-likeness (QED) is 0.573. The van der Waals surface area contributed by atoms with E-state index < -0.39 is 0 Å². The second-order valence-electron chi connectivity index (χ2n) is 7.05. The number of carbonyl (C=O) groups excluding carboxylic acids is 1. The van der Waals surface area contributed by atoms with Crippen molar-refractivity contribution in [2.24, 2.45) is 0 Å². The fourth-order valence-corrected chi connectivity index (χ4v) is 5.16. The highest BCUT2D eigenvalue weighted by atomic mass is 32.2. The van der Waals surface area contributed by atoms with Crippen molar-refractivity contribution >= 4 is 34.7 Å². The van der Waals surface area contributed by atoms with Gasteiger partial charge in [0, 0.05) is 28.9 Å². The Hall–Kier alpha value is -2.69. The van der Waals surface area contributed by atoms with Crippen LogP contribution in [0.2, 0.25) is 0 Å². The monoisotopic (exact) mass is 420 g/mol. The lowest BCUT2D eigenvalue weighted by molar-refractivity contribution is -0.116. The molecule has 4 rings (SSSR count). The Morgan fingerprint density at radius 1 is 1.28 bits per heavy atom. The van der Waals surface area contributed by atoms with Gasteiger partial charge in [0.2, 0.25) is 5.91 Å². The Morgan fingerprint density at radius 3 is 2.83 bits per heavy atom. The second-order valence-corrected chi connectivity index (χ2v) is 9.08. The molecule has 1 aromatic carbocycles. The van der Waals surface area contributed by atoms with Gasteiger partial charge in [-0.05, 0) is 56.5 Å². The summed E-state index contributed by atoms with van der Waals surface area (Å²) in [7, 11) is 0. The van der Waals surface area contributed by atoms with Gasteiger partial charge in [0.05, 0.1) is 22.0 Å². The van der Waals surface area contributed by atoms with Crippen LogP contribution in [0.25, 0.3) is 11.3 Å². The van der Waals surface area contributed by atoms with E-state index >= 15 is 0 Å². The molecule has 146 valence electrons. The average molecular weight is 421 g/mol. The molecule has 5 nitrogen and oxygen atoms in total. The van der Waals surface area contributed by atoms with Gasteiger partial charge in [-0.25, -0.2) is 9.97 Å². The number of hydrogen-bond acceptors (Lipinski definition) is 6. The summed E-state index contributed by atoms with van der Waals surface area (Å²) in [5.74, 6) is 0.299. The molecule has 0 spiro atoms. The first-order valence-electron chi connectivity index (χ1n) is 9.33. The van der Waals surface area contributed by atoms with Crippen molar-refractivity contribution in [2.45, 2.75) is 32.2 Å². The summed E-state index contributed by atoms with van der Waals surface area (Å²) in [6.45, 7) is 6.48. The van der Waals surface area contributed by atoms with Crippen LogP contribution < -0.4 is 4.90 Å². The van der Waals surface area contributed by atoms with Crippen molar-refractivity contribution in [3.8, 4) is 17.3 Å². The van der Waals surface area contributed by atoms with E-state index in [2.05, 4.69) is 27.5 Å². The number of carbonyl (C=O) groups is 1. The van der Waals surface area contributed by atoms with Crippen molar-refractivity contribution in [3.63, 3.8) is 0 Å². The summed E-state index contributed by atoms with van der Waals surface area (Å²) in [5, 5.41) is 13.2. The smallest absolute Gasteiger partial charge is 0.237 e. The maximum absolute atomic E-state index is 12.9. The van der Waals surface area contributed by atoms with Crippen LogP contribution in [0.3, 0.4) is 0 Å². The highest BCUT2D eigenvalue weighted by Crippen LogP contribution is 2.33. The summed E-state index contributed by atoms with van der Waals surface area (Å²) < 4.78 is 0. The number of thioether (sulfide) groups is 1. The molecule has 0 atom stereocenters. The Morgan fingerprint density at radius 2 is 2.10 bits per heavy atom. The predicted molar refractivity (Wildman–Crippen MR) is 117 cm³/mol. The molecular formula is C22H20N4OS2. The lowest BCUT2D eigenvalue weighted by atomic mass is 10.1. The zero-order valence-electron chi connectivity index (χ0n) is 16.5. The molecule has 7 heteroatoms. The van der Waals surface area contributed by atoms with Gasteiger partial charge in [-0.3, -0.25) is 4.79 Å². The summed E-state index contributed by atoms with van der Waals surface area (Å²) in [4.78, 5) is 23.7. The van der Waals surface area contributed by atoms with Gasteiger partial charge >= 0.3 is 0 Å². The minimum atomic E-state index is 0.0378. The van der Waals surface area contributed by atoms with E-state index in [1.807, 2.05) is 43.9 Å². The fourth-order valence-electron chi connectivity index (χ4n) is 3.57. The molecule has 0 saturated heterocycles. The van der Waals surface area contributed by atoms with Gasteiger partial charge in [0.15, 0.2) is 0 Å². The van der Waals surface area contributed by atoms with Crippen LogP contribution in [-0.2, 0) is 11.2 Å². The van der Waals surface area contributed by atoms with Gasteiger partial charge in [-0.1, -0.05) is 17.8 Å². The van der Waals surface area contributed by atoms with E-state index in [1.165, 1.54) is 17.3 Å². The molecular weight excluding hydrogens is 400 g/mol. The topological polar surface area (TPSA) is 69.9 Å². The molecule has 29 heavy (non-hydrogen) atoms. The standard InChI is InChI=1S/C22H20N4OS2/c1-13-8-14(2)24-22(18(13)10-23)29-12-21(27)26-7-6-17-9-16(4-5-20(17)26)19-11-28-15(3)25-19/h4-5,8-9,11H,6-7,12H2,1-3H3. The number of thiazole rings is 1. The first-order chi connectivity index (χ1) is 14.0. The molecule has 0 fully saturated rings. The van der Waals surface area contributed by atoms with E-state index in [1.54, 1.807) is 11.3 Å². The number of anilines is 1. The zero-order chi connectivity index (χ0) is 20.5. The highest BCUT2D eigenvalue weighted by molar-refractivity contribution is 8.00. The van der Waals surface area contributed by atoms with Crippen LogP contribution >= 0.6 is 23.1 Å². The first kappa shape index (κ1) is 19.6. The molecule has 1 amide bonds. The molecule has 1 aliphatic heterocycles. The third kappa shape index (κ3) is 3.91. The summed E-state index contributed by atoms with van der Waals surface area (Å²) in [6, 6.07) is 10.3. The minimum absolute atomic E-state index is 0.0378. The van der Waals surface area contributed by atoms with Crippen molar-refractivity contribution in [1.29, 1.82) is 5.26 Å². The van der Waals surface area contributed by atoms with Crippen LogP contribution in [0.5, 0.6) is 0 Å². The molecule has 0 unspecified atom stereocenters. The molecule has 0 N–H and O–H groups in total. The Bertz CT molecular complexity index is 1150. The molecule has 0 radical (unpaired) electrons. The lowest BCUT2D eigenvalue weighted by Crippen LogP contribution is -2.30. The molecule has 0 aliphatic carbocycles. The van der Waals surface area contributed by atoms with Crippen molar-refractivity contribution in [2.75, 3.05) is 17.2 Å². The SMILES string of the molecule is Cc1cc(C)c(C#N)c(SCC(=O)N2CCc3cc(-c4csc(C)n4)ccc32)n1. The predicted octanol–water partition coefficient (Wildman–Crippen LogP) is 4.68. The van der Waals surface area contributed by atoms with Crippen LogP contribution in [0, 0.1) is 32.1 Å². The minimum Gasteiger partial charge on any atom is -0.311 e. The van der Waals surface area contributed by atoms with E-state index in [0.717, 1.165) is 39.6 Å². The van der Waals surface area contributed by atoms with Crippen molar-refractivity contribution in [3.05, 3.63) is 57.0 Å². The van der Waals surface area contributed by atoms with Crippen molar-refractivity contribution < 1.29 is 4.79 Å². The number of benzene rings is 1. The number of aromatic nitrogens is 2. The third-order valence-corrected chi connectivity index (χ3v) is 6.68. The number of aryl methyl sites for hydroxylation is 3. The molecule has 3 heterocycles. The van der Waals surface area contributed by atoms with Gasteiger partial charge in [0.1, 0.15) is 11.1 Å². The van der Waals surface area contributed by atoms with E-state index in [-0.39, 0.29) is 11.7 Å². The van der Waals surface area contributed by atoms with Crippen LogP contribution in [0.4, 0.5) is 5.69 Å². The zero-order valence-corrected chi connectivity index (χ0v) is 18.2. The molecule has 0 saturated carbocycles. The van der Waals surface area contributed by atoms with Crippen LogP contribution in [0.15, 0.2) is 34.7 Å². The molecule has 2 aromatic heterocycles. The van der Waals surface area contributed by atoms with E-state index in [0.29, 0.717) is 17.1 Å². The lowest BCUT2D eigenvalue weighted by Gasteiger charge is -2.17. The van der Waals surface area contributed by atoms with Gasteiger partial charge in [-0.15, -0.1) is 11.3 Å². The number of amides is 1. The maximum Gasteiger partial charge on any atom is 0.237 e. The van der Waals surface area contributed by atoms with Gasteiger partial charge < -0.3 is 4.90 Å². The normalized spacial score (nSPS) is 12.7. The second kappa shape index (κ2) is 7.97. The molecule has 3 aromatic rings. The number of pyridine rings is 1. The summed E-state index contributed by atoms with van der Waals surface area (Å²) in [5.41, 5.74) is 6.53. The number of nitrogens with zero attached hydrogens (tertiary/aromatic N) is 4. The largest absolute Gasteiger partial charge is 0.311 e. The summed E-state index contributed by atoms with van der Waals surface area (Å²) >= 11 is 2.98. The molecule has 1 aliphatic rings. The Balaban J connectivity index is 1.50. The van der Waals surface area contributed by atoms with E-state index in [9.17, 15) is 10.1 Å². The van der Waals surface area contributed by atoms with Crippen molar-refractivity contribution in [1.82, 2.24) is 9.97 Å². The van der Waals surface area contributed by atoms with Gasteiger partial charge in [0.25, 0.3) is 0 Å². The summed E-state index contributed by atoms with van der Waals surface area (Å²) in [6.07, 6.45) is 0.841. The van der Waals surface area contributed by atoms with E-state index in [4.69, 9.17) is 0 Å². The maximum atomic E-state index is 12.9. The third-order valence-electron chi connectivity index (χ3n) is 4.95.